The van der Waals surface area contributed by atoms with Gasteiger partial charge in [-0.2, -0.15) is 0 Å². The van der Waals surface area contributed by atoms with Gasteiger partial charge >= 0.3 is 6.09 Å². The first-order chi connectivity index (χ1) is 9.15. The number of hydrogen-bond donors (Lipinski definition) is 1. The first-order valence-electron chi connectivity index (χ1n) is 6.65. The van der Waals surface area contributed by atoms with E-state index in [-0.39, 0.29) is 0 Å². The molecule has 0 unspecified atom stereocenters. The first kappa shape index (κ1) is 12.6. The maximum atomic E-state index is 11.0. The van der Waals surface area contributed by atoms with E-state index in [0.717, 1.165) is 24.4 Å². The second-order valence-electron chi connectivity index (χ2n) is 5.30. The number of halogens is 1. The highest BCUT2D eigenvalue weighted by Gasteiger charge is 2.39. The molecule has 0 spiro atoms. The standard InChI is InChI=1S/C14H17ClN2O2/c15-11-1-3-12(4-2-11)17-8-5-10-9-16(14(18)19)7-6-13(10)17/h1-4,10,13H,5-9H2,(H,18,19)/t10-,13+/m1/s1. The smallest absolute Gasteiger partial charge is 0.407 e. The maximum absolute atomic E-state index is 11.0. The molecule has 19 heavy (non-hydrogen) atoms. The monoisotopic (exact) mass is 280 g/mol. The number of hydrogen-bond acceptors (Lipinski definition) is 2. The summed E-state index contributed by atoms with van der Waals surface area (Å²) < 4.78 is 0. The van der Waals surface area contributed by atoms with E-state index < -0.39 is 6.09 Å². The fourth-order valence-electron chi connectivity index (χ4n) is 3.31. The van der Waals surface area contributed by atoms with Crippen molar-refractivity contribution in [3.05, 3.63) is 29.3 Å². The fourth-order valence-corrected chi connectivity index (χ4v) is 3.44. The molecule has 3 rings (SSSR count). The number of likely N-dealkylation sites (tertiary alicyclic amines) is 1. The molecular formula is C14H17ClN2O2. The van der Waals surface area contributed by atoms with Gasteiger partial charge in [0, 0.05) is 36.4 Å². The highest BCUT2D eigenvalue weighted by atomic mass is 35.5. The summed E-state index contributed by atoms with van der Waals surface area (Å²) in [4.78, 5) is 15.0. The van der Waals surface area contributed by atoms with Gasteiger partial charge in [-0.3, -0.25) is 0 Å². The van der Waals surface area contributed by atoms with Crippen molar-refractivity contribution in [2.45, 2.75) is 18.9 Å². The predicted molar refractivity (Wildman–Crippen MR) is 74.9 cm³/mol. The summed E-state index contributed by atoms with van der Waals surface area (Å²) in [6, 6.07) is 8.40. The lowest BCUT2D eigenvalue weighted by molar-refractivity contribution is 0.118. The van der Waals surface area contributed by atoms with Gasteiger partial charge in [-0.15, -0.1) is 0 Å². The molecule has 1 aromatic carbocycles. The Morgan fingerprint density at radius 1 is 1.21 bits per heavy atom. The van der Waals surface area contributed by atoms with Gasteiger partial charge in [0.05, 0.1) is 0 Å². The van der Waals surface area contributed by atoms with E-state index in [9.17, 15) is 4.79 Å². The highest BCUT2D eigenvalue weighted by molar-refractivity contribution is 6.30. The molecule has 1 N–H and O–H groups in total. The average molecular weight is 281 g/mol. The van der Waals surface area contributed by atoms with Crippen molar-refractivity contribution in [2.24, 2.45) is 5.92 Å². The number of carboxylic acid groups (broad SMARTS) is 1. The Hall–Kier alpha value is -1.42. The molecule has 2 heterocycles. The van der Waals surface area contributed by atoms with Crippen molar-refractivity contribution in [3.8, 4) is 0 Å². The fraction of sp³-hybridized carbons (Fsp3) is 0.500. The van der Waals surface area contributed by atoms with E-state index in [1.807, 2.05) is 24.3 Å². The van der Waals surface area contributed by atoms with Gasteiger partial charge < -0.3 is 14.9 Å². The van der Waals surface area contributed by atoms with E-state index >= 15 is 0 Å². The number of piperidine rings is 1. The third-order valence-electron chi connectivity index (χ3n) is 4.26. The molecule has 1 amide bonds. The van der Waals surface area contributed by atoms with Gasteiger partial charge in [-0.05, 0) is 43.0 Å². The molecule has 0 aliphatic carbocycles. The van der Waals surface area contributed by atoms with E-state index in [1.165, 1.54) is 5.69 Å². The zero-order valence-electron chi connectivity index (χ0n) is 10.6. The third-order valence-corrected chi connectivity index (χ3v) is 4.52. The molecule has 0 bridgehead atoms. The number of amides is 1. The molecule has 5 heteroatoms. The average Bonchev–Trinajstić information content (AvgIpc) is 2.82. The van der Waals surface area contributed by atoms with E-state index in [1.54, 1.807) is 4.90 Å². The van der Waals surface area contributed by atoms with E-state index in [0.29, 0.717) is 25.0 Å². The molecule has 2 atom stereocenters. The molecular weight excluding hydrogens is 264 g/mol. The van der Waals surface area contributed by atoms with Gasteiger partial charge in [0.15, 0.2) is 0 Å². The molecule has 2 fully saturated rings. The number of carbonyl (C=O) groups is 1. The Labute approximate surface area is 117 Å². The van der Waals surface area contributed by atoms with Crippen LogP contribution in [-0.2, 0) is 0 Å². The van der Waals surface area contributed by atoms with Gasteiger partial charge in [0.1, 0.15) is 0 Å². The first-order valence-corrected chi connectivity index (χ1v) is 7.03. The second kappa shape index (κ2) is 4.93. The summed E-state index contributed by atoms with van der Waals surface area (Å²) in [7, 11) is 0. The van der Waals surface area contributed by atoms with Crippen molar-refractivity contribution in [3.63, 3.8) is 0 Å². The number of rotatable bonds is 1. The maximum Gasteiger partial charge on any atom is 0.407 e. The van der Waals surface area contributed by atoms with Crippen LogP contribution in [0.1, 0.15) is 12.8 Å². The zero-order chi connectivity index (χ0) is 13.4. The molecule has 4 nitrogen and oxygen atoms in total. The largest absolute Gasteiger partial charge is 0.465 e. The van der Waals surface area contributed by atoms with Crippen LogP contribution in [0, 0.1) is 5.92 Å². The molecule has 2 saturated heterocycles. The molecule has 0 radical (unpaired) electrons. The van der Waals surface area contributed by atoms with Crippen LogP contribution in [0.4, 0.5) is 10.5 Å². The lowest BCUT2D eigenvalue weighted by Crippen LogP contribution is -2.47. The number of anilines is 1. The minimum absolute atomic E-state index is 0.459. The van der Waals surface area contributed by atoms with Gasteiger partial charge in [-0.25, -0.2) is 4.79 Å². The van der Waals surface area contributed by atoms with Crippen LogP contribution in [0.5, 0.6) is 0 Å². The van der Waals surface area contributed by atoms with Gasteiger partial charge in [-0.1, -0.05) is 11.6 Å². The molecule has 102 valence electrons. The number of benzene rings is 1. The van der Waals surface area contributed by atoms with Crippen molar-refractivity contribution < 1.29 is 9.90 Å². The van der Waals surface area contributed by atoms with Crippen LogP contribution in [0.15, 0.2) is 24.3 Å². The van der Waals surface area contributed by atoms with Crippen LogP contribution in [0.2, 0.25) is 5.02 Å². The highest BCUT2D eigenvalue weighted by Crippen LogP contribution is 2.35. The van der Waals surface area contributed by atoms with Crippen molar-refractivity contribution in [2.75, 3.05) is 24.5 Å². The minimum atomic E-state index is -0.789. The van der Waals surface area contributed by atoms with Crippen molar-refractivity contribution in [1.29, 1.82) is 0 Å². The minimum Gasteiger partial charge on any atom is -0.465 e. The summed E-state index contributed by atoms with van der Waals surface area (Å²) in [6.07, 6.45) is 1.19. The topological polar surface area (TPSA) is 43.8 Å². The Balaban J connectivity index is 1.74. The molecule has 2 aliphatic rings. The van der Waals surface area contributed by atoms with Crippen LogP contribution >= 0.6 is 11.6 Å². The van der Waals surface area contributed by atoms with Gasteiger partial charge in [0.2, 0.25) is 0 Å². The summed E-state index contributed by atoms with van der Waals surface area (Å²) in [5.41, 5.74) is 1.20. The molecule has 0 aromatic heterocycles. The normalized spacial score (nSPS) is 26.4. The Kier molecular flexibility index (Phi) is 3.27. The Morgan fingerprint density at radius 2 is 1.95 bits per heavy atom. The quantitative estimate of drug-likeness (QED) is 0.860. The van der Waals surface area contributed by atoms with E-state index in [4.69, 9.17) is 16.7 Å². The van der Waals surface area contributed by atoms with E-state index in [2.05, 4.69) is 4.90 Å². The van der Waals surface area contributed by atoms with Crippen molar-refractivity contribution >= 4 is 23.4 Å². The summed E-state index contributed by atoms with van der Waals surface area (Å²) in [5, 5.41) is 9.82. The lowest BCUT2D eigenvalue weighted by Gasteiger charge is -2.37. The second-order valence-corrected chi connectivity index (χ2v) is 5.74. The SMILES string of the molecule is O=C(O)N1CC[C@H]2[C@H](CCN2c2ccc(Cl)cc2)C1. The summed E-state index contributed by atoms with van der Waals surface area (Å²) in [6.45, 7) is 2.31. The molecule has 1 aromatic rings. The Bertz CT molecular complexity index is 477. The summed E-state index contributed by atoms with van der Waals surface area (Å²) in [5.74, 6) is 0.459. The molecule has 0 saturated carbocycles. The predicted octanol–water partition coefficient (Wildman–Crippen LogP) is 2.92. The lowest BCUT2D eigenvalue weighted by atomic mass is 9.93. The number of fused-ring (bicyclic) bond motifs is 1. The molecule has 2 aliphatic heterocycles. The zero-order valence-corrected chi connectivity index (χ0v) is 11.4. The van der Waals surface area contributed by atoms with Gasteiger partial charge in [0.25, 0.3) is 0 Å². The summed E-state index contributed by atoms with van der Waals surface area (Å²) >= 11 is 5.92. The number of nitrogens with zero attached hydrogens (tertiary/aromatic N) is 2. The van der Waals surface area contributed by atoms with Crippen LogP contribution < -0.4 is 4.90 Å². The van der Waals surface area contributed by atoms with Crippen molar-refractivity contribution in [1.82, 2.24) is 4.90 Å². The van der Waals surface area contributed by atoms with Crippen LogP contribution in [0.3, 0.4) is 0 Å². The Morgan fingerprint density at radius 3 is 2.63 bits per heavy atom. The third kappa shape index (κ3) is 2.37. The van der Waals surface area contributed by atoms with Crippen LogP contribution in [0.25, 0.3) is 0 Å². The van der Waals surface area contributed by atoms with Crippen LogP contribution in [-0.4, -0.2) is 41.8 Å².